The highest BCUT2D eigenvalue weighted by Gasteiger charge is 2.09. The molecule has 0 saturated carbocycles. The zero-order chi connectivity index (χ0) is 15.9. The number of carbonyl (C=O) groups excluding carboxylic acids is 1. The number of halogens is 1. The van der Waals surface area contributed by atoms with Crippen LogP contribution in [0, 0.1) is 0 Å². The van der Waals surface area contributed by atoms with E-state index in [4.69, 9.17) is 9.47 Å². The Hall–Kier alpha value is -1.71. The van der Waals surface area contributed by atoms with Crippen molar-refractivity contribution in [3.05, 3.63) is 33.4 Å². The number of hydrogen-bond acceptors (Lipinski definition) is 6. The number of hydrogen-bond donors (Lipinski definition) is 2. The van der Waals surface area contributed by atoms with Crippen LogP contribution in [0.25, 0.3) is 0 Å². The summed E-state index contributed by atoms with van der Waals surface area (Å²) in [5.41, 5.74) is 1.55. The van der Waals surface area contributed by atoms with Crippen molar-refractivity contribution >= 4 is 38.4 Å². The Bertz CT molecular complexity index is 650. The van der Waals surface area contributed by atoms with Crippen LogP contribution in [-0.2, 0) is 17.9 Å². The van der Waals surface area contributed by atoms with Crippen LogP contribution in [0.15, 0.2) is 22.1 Å². The van der Waals surface area contributed by atoms with Gasteiger partial charge in [-0.05, 0) is 22.0 Å². The first kappa shape index (κ1) is 16.7. The molecule has 2 amide bonds. The van der Waals surface area contributed by atoms with Gasteiger partial charge in [-0.2, -0.15) is 0 Å². The summed E-state index contributed by atoms with van der Waals surface area (Å²) < 4.78 is 10.9. The number of ether oxygens (including phenoxy) is 2. The molecule has 0 aliphatic heterocycles. The minimum Gasteiger partial charge on any atom is -0.481 e. The Labute approximate surface area is 140 Å². The number of thiazole rings is 1. The molecule has 0 aromatic carbocycles. The molecular formula is C13H15BrN4O3S. The number of nitrogens with one attached hydrogen (secondary N) is 2. The molecule has 118 valence electrons. The molecule has 0 spiro atoms. The summed E-state index contributed by atoms with van der Waals surface area (Å²) in [7, 11) is 3.13. The highest BCUT2D eigenvalue weighted by atomic mass is 79.9. The lowest BCUT2D eigenvalue weighted by Gasteiger charge is -2.09. The fraction of sp³-hybridized carbons (Fsp3) is 0.308. The molecule has 2 N–H and O–H groups in total. The van der Waals surface area contributed by atoms with Crippen LogP contribution in [0.2, 0.25) is 0 Å². The third-order valence-corrected chi connectivity index (χ3v) is 3.83. The second-order valence-corrected chi connectivity index (χ2v) is 5.98. The topological polar surface area (TPSA) is 85.4 Å². The van der Waals surface area contributed by atoms with E-state index in [0.717, 1.165) is 15.7 Å². The van der Waals surface area contributed by atoms with Gasteiger partial charge in [0.1, 0.15) is 0 Å². The van der Waals surface area contributed by atoms with E-state index in [1.54, 1.807) is 13.3 Å². The Kier molecular flexibility index (Phi) is 6.10. The lowest BCUT2D eigenvalue weighted by atomic mass is 10.3. The molecule has 2 aromatic rings. The van der Waals surface area contributed by atoms with Crippen molar-refractivity contribution < 1.29 is 14.3 Å². The predicted molar refractivity (Wildman–Crippen MR) is 87.2 cm³/mol. The largest absolute Gasteiger partial charge is 0.481 e. The molecule has 0 aliphatic carbocycles. The number of amides is 2. The molecule has 9 heteroatoms. The molecule has 2 rings (SSSR count). The predicted octanol–water partition coefficient (Wildman–Crippen LogP) is 2.78. The second-order valence-electron chi connectivity index (χ2n) is 4.21. The van der Waals surface area contributed by atoms with E-state index in [-0.39, 0.29) is 12.6 Å². The van der Waals surface area contributed by atoms with Crippen molar-refractivity contribution in [2.45, 2.75) is 13.2 Å². The molecule has 22 heavy (non-hydrogen) atoms. The first-order valence-corrected chi connectivity index (χ1v) is 7.96. The fourth-order valence-electron chi connectivity index (χ4n) is 1.67. The van der Waals surface area contributed by atoms with Crippen molar-refractivity contribution in [2.75, 3.05) is 19.5 Å². The SMILES string of the molecule is COCc1csc(NC(=O)NCc2cc(Br)cnc2OC)n1. The van der Waals surface area contributed by atoms with Gasteiger partial charge in [0.15, 0.2) is 5.13 Å². The van der Waals surface area contributed by atoms with Gasteiger partial charge in [-0.25, -0.2) is 14.8 Å². The van der Waals surface area contributed by atoms with Crippen molar-refractivity contribution in [1.29, 1.82) is 0 Å². The molecule has 0 radical (unpaired) electrons. The van der Waals surface area contributed by atoms with Crippen molar-refractivity contribution in [2.24, 2.45) is 0 Å². The number of nitrogens with zero attached hydrogens (tertiary/aromatic N) is 2. The van der Waals surface area contributed by atoms with Crippen LogP contribution >= 0.6 is 27.3 Å². The maximum atomic E-state index is 11.9. The number of methoxy groups -OCH3 is 2. The summed E-state index contributed by atoms with van der Waals surface area (Å²) in [6, 6.07) is 1.49. The Morgan fingerprint density at radius 3 is 3.00 bits per heavy atom. The summed E-state index contributed by atoms with van der Waals surface area (Å²) in [5.74, 6) is 0.472. The molecule has 0 atom stereocenters. The Morgan fingerprint density at radius 2 is 2.27 bits per heavy atom. The highest BCUT2D eigenvalue weighted by molar-refractivity contribution is 9.10. The monoisotopic (exact) mass is 386 g/mol. The van der Waals surface area contributed by atoms with E-state index in [2.05, 4.69) is 36.5 Å². The third-order valence-electron chi connectivity index (χ3n) is 2.59. The smallest absolute Gasteiger partial charge is 0.321 e. The van der Waals surface area contributed by atoms with Gasteiger partial charge < -0.3 is 14.8 Å². The van der Waals surface area contributed by atoms with Gasteiger partial charge in [0.2, 0.25) is 5.88 Å². The lowest BCUT2D eigenvalue weighted by molar-refractivity contribution is 0.182. The van der Waals surface area contributed by atoms with Crippen LogP contribution in [0.4, 0.5) is 9.93 Å². The van der Waals surface area contributed by atoms with E-state index < -0.39 is 0 Å². The van der Waals surface area contributed by atoms with Gasteiger partial charge in [0, 0.05) is 35.3 Å². The number of rotatable bonds is 6. The van der Waals surface area contributed by atoms with Gasteiger partial charge in [-0.3, -0.25) is 5.32 Å². The number of pyridine rings is 1. The van der Waals surface area contributed by atoms with Crippen LogP contribution in [0.3, 0.4) is 0 Å². The fourth-order valence-corrected chi connectivity index (χ4v) is 2.74. The molecule has 0 aliphatic rings. The van der Waals surface area contributed by atoms with Gasteiger partial charge in [0.25, 0.3) is 0 Å². The van der Waals surface area contributed by atoms with E-state index in [0.29, 0.717) is 17.6 Å². The van der Waals surface area contributed by atoms with Gasteiger partial charge in [-0.15, -0.1) is 11.3 Å². The molecule has 2 aromatic heterocycles. The van der Waals surface area contributed by atoms with Gasteiger partial charge >= 0.3 is 6.03 Å². The molecule has 2 heterocycles. The van der Waals surface area contributed by atoms with Crippen LogP contribution in [0.5, 0.6) is 5.88 Å². The first-order valence-electron chi connectivity index (χ1n) is 6.29. The quantitative estimate of drug-likeness (QED) is 0.796. The second kappa shape index (κ2) is 8.06. The average molecular weight is 387 g/mol. The van der Waals surface area contributed by atoms with Crippen LogP contribution in [0.1, 0.15) is 11.3 Å². The van der Waals surface area contributed by atoms with E-state index in [1.807, 2.05) is 11.4 Å². The first-order chi connectivity index (χ1) is 10.6. The van der Waals surface area contributed by atoms with Crippen molar-refractivity contribution in [3.63, 3.8) is 0 Å². The molecular weight excluding hydrogens is 372 g/mol. The Morgan fingerprint density at radius 1 is 1.45 bits per heavy atom. The molecule has 7 nitrogen and oxygen atoms in total. The standard InChI is InChI=1S/C13H15BrN4O3S/c1-20-6-10-7-22-13(17-10)18-12(19)16-4-8-3-9(14)5-15-11(8)21-2/h3,5,7H,4,6H2,1-2H3,(H2,16,17,18,19). The minimum absolute atomic E-state index is 0.289. The summed E-state index contributed by atoms with van der Waals surface area (Å²) in [6.07, 6.45) is 1.63. The number of aromatic nitrogens is 2. The normalized spacial score (nSPS) is 10.3. The van der Waals surface area contributed by atoms with Crippen molar-refractivity contribution in [1.82, 2.24) is 15.3 Å². The molecule has 0 fully saturated rings. The average Bonchev–Trinajstić information content (AvgIpc) is 2.93. The summed E-state index contributed by atoms with van der Waals surface area (Å²) in [5, 5.41) is 7.76. The third kappa shape index (κ3) is 4.65. The molecule has 0 bridgehead atoms. The van der Waals surface area contributed by atoms with Gasteiger partial charge in [0.05, 0.1) is 19.4 Å². The number of carbonyl (C=O) groups is 1. The van der Waals surface area contributed by atoms with Gasteiger partial charge in [-0.1, -0.05) is 0 Å². The van der Waals surface area contributed by atoms with E-state index in [1.165, 1.54) is 18.4 Å². The maximum Gasteiger partial charge on any atom is 0.321 e. The number of urea groups is 1. The zero-order valence-electron chi connectivity index (χ0n) is 12.1. The maximum absolute atomic E-state index is 11.9. The van der Waals surface area contributed by atoms with E-state index in [9.17, 15) is 4.79 Å². The summed E-state index contributed by atoms with van der Waals surface area (Å²) >= 11 is 4.68. The lowest BCUT2D eigenvalue weighted by Crippen LogP contribution is -2.28. The highest BCUT2D eigenvalue weighted by Crippen LogP contribution is 2.20. The minimum atomic E-state index is -0.347. The number of anilines is 1. The van der Waals surface area contributed by atoms with Crippen LogP contribution < -0.4 is 15.4 Å². The Balaban J connectivity index is 1.91. The molecule has 0 saturated heterocycles. The van der Waals surface area contributed by atoms with Crippen LogP contribution in [-0.4, -0.2) is 30.2 Å². The van der Waals surface area contributed by atoms with Crippen molar-refractivity contribution in [3.8, 4) is 5.88 Å². The summed E-state index contributed by atoms with van der Waals surface area (Å²) in [6.45, 7) is 0.707. The van der Waals surface area contributed by atoms with E-state index >= 15 is 0 Å². The summed E-state index contributed by atoms with van der Waals surface area (Å²) in [4.78, 5) is 20.2. The molecule has 0 unspecified atom stereocenters. The zero-order valence-corrected chi connectivity index (χ0v) is 14.5.